The van der Waals surface area contributed by atoms with E-state index in [0.717, 1.165) is 5.56 Å². The van der Waals surface area contributed by atoms with Crippen LogP contribution in [0.4, 0.5) is 9.93 Å². The second kappa shape index (κ2) is 9.24. The predicted molar refractivity (Wildman–Crippen MR) is 96.2 cm³/mol. The molecule has 1 atom stereocenters. The molecule has 24 heavy (non-hydrogen) atoms. The summed E-state index contributed by atoms with van der Waals surface area (Å²) in [7, 11) is 0. The molecular weight excluding hydrogens is 346 g/mol. The van der Waals surface area contributed by atoms with Crippen LogP contribution < -0.4 is 16.0 Å². The van der Waals surface area contributed by atoms with Crippen LogP contribution in [0, 0.1) is 0 Å². The number of hydrogen-bond acceptors (Lipinski definition) is 7. The molecule has 0 saturated carbocycles. The molecule has 128 valence electrons. The van der Waals surface area contributed by atoms with Gasteiger partial charge in [0.2, 0.25) is 11.0 Å². The smallest absolute Gasteiger partial charge is 0.321 e. The molecule has 0 aliphatic rings. The van der Waals surface area contributed by atoms with Gasteiger partial charge in [-0.05, 0) is 19.4 Å². The SMILES string of the molecule is CCNC(=O)NC(=O)[C@@H](C)Sc1nnc(NCc2ccccc2)s1. The molecule has 0 fully saturated rings. The van der Waals surface area contributed by atoms with Crippen LogP contribution in [0.2, 0.25) is 0 Å². The van der Waals surface area contributed by atoms with Crippen molar-refractivity contribution in [1.82, 2.24) is 20.8 Å². The number of carbonyl (C=O) groups excluding carboxylic acids is 2. The van der Waals surface area contributed by atoms with Crippen molar-refractivity contribution in [1.29, 1.82) is 0 Å². The number of aromatic nitrogens is 2. The molecule has 3 amide bonds. The van der Waals surface area contributed by atoms with Gasteiger partial charge in [0.15, 0.2) is 4.34 Å². The fourth-order valence-electron chi connectivity index (χ4n) is 1.73. The molecule has 0 saturated heterocycles. The minimum Gasteiger partial charge on any atom is -0.356 e. The Labute approximate surface area is 148 Å². The highest BCUT2D eigenvalue weighted by Gasteiger charge is 2.19. The molecule has 0 unspecified atom stereocenters. The van der Waals surface area contributed by atoms with Gasteiger partial charge in [-0.25, -0.2) is 4.79 Å². The van der Waals surface area contributed by atoms with Gasteiger partial charge in [0.1, 0.15) is 0 Å². The molecule has 0 aliphatic heterocycles. The summed E-state index contributed by atoms with van der Waals surface area (Å²) in [6, 6.07) is 9.49. The van der Waals surface area contributed by atoms with Gasteiger partial charge in [-0.3, -0.25) is 10.1 Å². The highest BCUT2D eigenvalue weighted by atomic mass is 32.2. The summed E-state index contributed by atoms with van der Waals surface area (Å²) in [5, 5.41) is 16.4. The fourth-order valence-corrected chi connectivity index (χ4v) is 3.62. The molecule has 0 radical (unpaired) electrons. The Balaban J connectivity index is 1.82. The molecular formula is C15H19N5O2S2. The maximum absolute atomic E-state index is 11.9. The van der Waals surface area contributed by atoms with Crippen LogP contribution in [0.1, 0.15) is 19.4 Å². The Morgan fingerprint density at radius 3 is 2.71 bits per heavy atom. The Morgan fingerprint density at radius 1 is 1.25 bits per heavy atom. The van der Waals surface area contributed by atoms with E-state index < -0.39 is 11.3 Å². The Kier molecular flexibility index (Phi) is 7.01. The lowest BCUT2D eigenvalue weighted by Crippen LogP contribution is -2.42. The number of thioether (sulfide) groups is 1. The monoisotopic (exact) mass is 365 g/mol. The molecule has 0 aliphatic carbocycles. The average molecular weight is 365 g/mol. The first-order valence-corrected chi connectivity index (χ1v) is 9.14. The van der Waals surface area contributed by atoms with Gasteiger partial charge in [0.05, 0.1) is 5.25 Å². The number of carbonyl (C=O) groups is 2. The van der Waals surface area contributed by atoms with Crippen LogP contribution in [-0.4, -0.2) is 33.9 Å². The Hall–Kier alpha value is -2.13. The number of nitrogens with zero attached hydrogens (tertiary/aromatic N) is 2. The van der Waals surface area contributed by atoms with Gasteiger partial charge in [-0.15, -0.1) is 10.2 Å². The summed E-state index contributed by atoms with van der Waals surface area (Å²) in [4.78, 5) is 23.2. The maximum atomic E-state index is 11.9. The summed E-state index contributed by atoms with van der Waals surface area (Å²) < 4.78 is 0.670. The van der Waals surface area contributed by atoms with E-state index in [1.807, 2.05) is 30.3 Å². The molecule has 2 rings (SSSR count). The summed E-state index contributed by atoms with van der Waals surface area (Å²) in [5.74, 6) is -0.361. The van der Waals surface area contributed by atoms with E-state index in [1.165, 1.54) is 23.1 Å². The third-order valence-electron chi connectivity index (χ3n) is 2.91. The lowest BCUT2D eigenvalue weighted by atomic mass is 10.2. The van der Waals surface area contributed by atoms with Gasteiger partial charge in [0.25, 0.3) is 0 Å². The number of imide groups is 1. The number of rotatable bonds is 7. The van der Waals surface area contributed by atoms with E-state index in [9.17, 15) is 9.59 Å². The van der Waals surface area contributed by atoms with E-state index in [1.54, 1.807) is 13.8 Å². The third-order valence-corrected chi connectivity index (χ3v) is 4.98. The number of anilines is 1. The third kappa shape index (κ3) is 5.82. The zero-order valence-electron chi connectivity index (χ0n) is 13.4. The van der Waals surface area contributed by atoms with Crippen molar-refractivity contribution in [2.75, 3.05) is 11.9 Å². The van der Waals surface area contributed by atoms with Crippen molar-refractivity contribution in [3.63, 3.8) is 0 Å². The Bertz CT molecular complexity index is 678. The topological polar surface area (TPSA) is 96.0 Å². The number of urea groups is 1. The van der Waals surface area contributed by atoms with Gasteiger partial charge in [-0.1, -0.05) is 53.4 Å². The second-order valence-electron chi connectivity index (χ2n) is 4.82. The second-order valence-corrected chi connectivity index (χ2v) is 7.39. The largest absolute Gasteiger partial charge is 0.356 e. The molecule has 3 N–H and O–H groups in total. The quantitative estimate of drug-likeness (QED) is 0.653. The molecule has 1 aromatic carbocycles. The minimum absolute atomic E-state index is 0.361. The predicted octanol–water partition coefficient (Wildman–Crippen LogP) is 2.48. The van der Waals surface area contributed by atoms with Gasteiger partial charge in [0, 0.05) is 13.1 Å². The molecule has 0 spiro atoms. The normalized spacial score (nSPS) is 11.6. The molecule has 1 heterocycles. The number of nitrogens with one attached hydrogen (secondary N) is 3. The molecule has 7 nitrogen and oxygen atoms in total. The van der Waals surface area contributed by atoms with Crippen molar-refractivity contribution in [3.05, 3.63) is 35.9 Å². The van der Waals surface area contributed by atoms with Crippen LogP contribution >= 0.6 is 23.1 Å². The lowest BCUT2D eigenvalue weighted by Gasteiger charge is -2.09. The van der Waals surface area contributed by atoms with E-state index in [2.05, 4.69) is 26.1 Å². The summed E-state index contributed by atoms with van der Waals surface area (Å²) in [5.41, 5.74) is 1.15. The molecule has 9 heteroatoms. The number of benzene rings is 1. The van der Waals surface area contributed by atoms with Gasteiger partial charge in [-0.2, -0.15) is 0 Å². The van der Waals surface area contributed by atoms with E-state index in [0.29, 0.717) is 22.6 Å². The first kappa shape index (κ1) is 18.2. The maximum Gasteiger partial charge on any atom is 0.321 e. The van der Waals surface area contributed by atoms with Gasteiger partial charge < -0.3 is 10.6 Å². The zero-order valence-corrected chi connectivity index (χ0v) is 15.0. The summed E-state index contributed by atoms with van der Waals surface area (Å²) in [6.45, 7) is 4.63. The van der Waals surface area contributed by atoms with Crippen LogP contribution in [0.3, 0.4) is 0 Å². The fraction of sp³-hybridized carbons (Fsp3) is 0.333. The highest BCUT2D eigenvalue weighted by Crippen LogP contribution is 2.29. The summed E-state index contributed by atoms with van der Waals surface area (Å²) >= 11 is 2.64. The highest BCUT2D eigenvalue weighted by molar-refractivity contribution is 8.02. The van der Waals surface area contributed by atoms with Crippen molar-refractivity contribution >= 4 is 40.2 Å². The lowest BCUT2D eigenvalue weighted by molar-refractivity contribution is -0.119. The minimum atomic E-state index is -0.488. The first-order valence-electron chi connectivity index (χ1n) is 7.45. The zero-order chi connectivity index (χ0) is 17.4. The molecule has 1 aromatic heterocycles. The van der Waals surface area contributed by atoms with Crippen LogP contribution in [-0.2, 0) is 11.3 Å². The number of hydrogen-bond donors (Lipinski definition) is 3. The molecule has 0 bridgehead atoms. The van der Waals surface area contributed by atoms with Crippen molar-refractivity contribution in [2.24, 2.45) is 0 Å². The van der Waals surface area contributed by atoms with E-state index >= 15 is 0 Å². The Morgan fingerprint density at radius 2 is 2.00 bits per heavy atom. The standard InChI is InChI=1S/C15H19N5O2S2/c1-3-16-13(22)18-12(21)10(2)23-15-20-19-14(24-15)17-9-11-7-5-4-6-8-11/h4-8,10H,3,9H2,1-2H3,(H,17,19)(H2,16,18,21,22)/t10-/m1/s1. The van der Waals surface area contributed by atoms with Gasteiger partial charge >= 0.3 is 6.03 Å². The van der Waals surface area contributed by atoms with Crippen molar-refractivity contribution in [3.8, 4) is 0 Å². The van der Waals surface area contributed by atoms with Crippen LogP contribution in [0.5, 0.6) is 0 Å². The first-order chi connectivity index (χ1) is 11.6. The van der Waals surface area contributed by atoms with E-state index in [4.69, 9.17) is 0 Å². The van der Waals surface area contributed by atoms with Crippen LogP contribution in [0.25, 0.3) is 0 Å². The van der Waals surface area contributed by atoms with Crippen molar-refractivity contribution < 1.29 is 9.59 Å². The average Bonchev–Trinajstić information content (AvgIpc) is 3.01. The van der Waals surface area contributed by atoms with Crippen molar-refractivity contribution in [2.45, 2.75) is 30.0 Å². The van der Waals surface area contributed by atoms with E-state index in [-0.39, 0.29) is 5.91 Å². The summed E-state index contributed by atoms with van der Waals surface area (Å²) in [6.07, 6.45) is 0. The van der Waals surface area contributed by atoms with Crippen LogP contribution in [0.15, 0.2) is 34.7 Å². The molecule has 2 aromatic rings. The number of amides is 3.